The van der Waals surface area contributed by atoms with Crippen molar-refractivity contribution in [2.45, 2.75) is 51.9 Å². The molecule has 1 aromatic carbocycles. The highest BCUT2D eigenvalue weighted by atomic mass is 19.4. The second-order valence-electron chi connectivity index (χ2n) is 10.5. The van der Waals surface area contributed by atoms with Crippen molar-refractivity contribution in [2.75, 3.05) is 54.4 Å². The van der Waals surface area contributed by atoms with Gasteiger partial charge in [0.05, 0.1) is 5.56 Å². The van der Waals surface area contributed by atoms with E-state index in [2.05, 4.69) is 30.8 Å². The van der Waals surface area contributed by atoms with Crippen LogP contribution in [0.5, 0.6) is 0 Å². The van der Waals surface area contributed by atoms with Gasteiger partial charge in [-0.15, -0.1) is 0 Å². The van der Waals surface area contributed by atoms with E-state index in [0.717, 1.165) is 32.2 Å². The second kappa shape index (κ2) is 11.1. The summed E-state index contributed by atoms with van der Waals surface area (Å²) in [4.78, 5) is 31.0. The Bertz CT molecular complexity index is 1070. The minimum atomic E-state index is -4.46. The molecule has 0 saturated carbocycles. The molecular weight excluding hydrogens is 485 g/mol. The van der Waals surface area contributed by atoms with Gasteiger partial charge in [-0.1, -0.05) is 18.2 Å². The van der Waals surface area contributed by atoms with Crippen molar-refractivity contribution in [1.82, 2.24) is 25.6 Å². The summed E-state index contributed by atoms with van der Waals surface area (Å²) in [5.41, 5.74) is -0.889. The fraction of sp³-hybridized carbons (Fsp3) is 0.600. The van der Waals surface area contributed by atoms with E-state index in [1.165, 1.54) is 12.1 Å². The number of piperazine rings is 1. The molecular formula is C25H35F3N8O. The molecule has 2 aromatic rings. The van der Waals surface area contributed by atoms with Gasteiger partial charge < -0.3 is 25.8 Å². The predicted octanol–water partition coefficient (Wildman–Crippen LogP) is 3.04. The first kappa shape index (κ1) is 26.9. The molecule has 3 heterocycles. The number of carbonyl (C=O) groups is 1. The number of hydrogen-bond acceptors (Lipinski definition) is 8. The van der Waals surface area contributed by atoms with Crippen LogP contribution in [0.3, 0.4) is 0 Å². The number of nitrogens with zero attached hydrogens (tertiary/aromatic N) is 5. The minimum Gasteiger partial charge on any atom is -0.352 e. The van der Waals surface area contributed by atoms with Crippen LogP contribution in [0.15, 0.2) is 24.3 Å². The molecule has 2 saturated heterocycles. The van der Waals surface area contributed by atoms with Crippen molar-refractivity contribution in [3.8, 4) is 0 Å². The minimum absolute atomic E-state index is 0.0605. The van der Waals surface area contributed by atoms with Gasteiger partial charge in [-0.25, -0.2) is 0 Å². The molecule has 0 unspecified atom stereocenters. The SMILES string of the molecule is CC(C)(C)Nc1nc(N2CCNCC2)nc(N2CCC(C(=O)NCc3ccccc3C(F)(F)F)CC2)n1. The maximum absolute atomic E-state index is 13.3. The summed E-state index contributed by atoms with van der Waals surface area (Å²) in [6.07, 6.45) is -3.34. The van der Waals surface area contributed by atoms with Crippen molar-refractivity contribution in [1.29, 1.82) is 0 Å². The molecule has 1 aromatic heterocycles. The number of alkyl halides is 3. The number of piperidine rings is 1. The lowest BCUT2D eigenvalue weighted by Gasteiger charge is -2.33. The molecule has 37 heavy (non-hydrogen) atoms. The average Bonchev–Trinajstić information content (AvgIpc) is 2.86. The van der Waals surface area contributed by atoms with E-state index < -0.39 is 11.7 Å². The molecule has 0 spiro atoms. The van der Waals surface area contributed by atoms with Crippen LogP contribution >= 0.6 is 0 Å². The Labute approximate surface area is 215 Å². The zero-order chi connectivity index (χ0) is 26.6. The summed E-state index contributed by atoms with van der Waals surface area (Å²) in [5.74, 6) is 1.18. The molecule has 1 amide bonds. The van der Waals surface area contributed by atoms with Crippen LogP contribution in [0.4, 0.5) is 31.0 Å². The van der Waals surface area contributed by atoms with Gasteiger partial charge in [0.25, 0.3) is 0 Å². The van der Waals surface area contributed by atoms with Crippen LogP contribution in [-0.4, -0.2) is 65.7 Å². The molecule has 0 radical (unpaired) electrons. The highest BCUT2D eigenvalue weighted by Gasteiger charge is 2.33. The second-order valence-corrected chi connectivity index (χ2v) is 10.5. The molecule has 202 valence electrons. The van der Waals surface area contributed by atoms with Crippen LogP contribution in [0.2, 0.25) is 0 Å². The zero-order valence-corrected chi connectivity index (χ0v) is 21.5. The molecule has 2 aliphatic rings. The Morgan fingerprint density at radius 1 is 0.973 bits per heavy atom. The molecule has 0 aliphatic carbocycles. The summed E-state index contributed by atoms with van der Waals surface area (Å²) in [5, 5.41) is 9.37. The maximum Gasteiger partial charge on any atom is 0.416 e. The molecule has 0 atom stereocenters. The van der Waals surface area contributed by atoms with Gasteiger partial charge in [0.1, 0.15) is 0 Å². The molecule has 3 N–H and O–H groups in total. The molecule has 12 heteroatoms. The number of anilines is 3. The third-order valence-electron chi connectivity index (χ3n) is 6.42. The summed E-state index contributed by atoms with van der Waals surface area (Å²) >= 11 is 0. The van der Waals surface area contributed by atoms with Crippen LogP contribution in [0.1, 0.15) is 44.7 Å². The predicted molar refractivity (Wildman–Crippen MR) is 137 cm³/mol. The Morgan fingerprint density at radius 2 is 1.57 bits per heavy atom. The van der Waals surface area contributed by atoms with Gasteiger partial charge in [0.15, 0.2) is 0 Å². The Morgan fingerprint density at radius 3 is 2.16 bits per heavy atom. The van der Waals surface area contributed by atoms with Crippen molar-refractivity contribution in [3.63, 3.8) is 0 Å². The first-order chi connectivity index (χ1) is 17.5. The lowest BCUT2D eigenvalue weighted by Crippen LogP contribution is -2.45. The van der Waals surface area contributed by atoms with Crippen molar-refractivity contribution < 1.29 is 18.0 Å². The number of benzene rings is 1. The van der Waals surface area contributed by atoms with E-state index in [1.54, 1.807) is 6.07 Å². The van der Waals surface area contributed by atoms with Gasteiger partial charge in [-0.3, -0.25) is 4.79 Å². The van der Waals surface area contributed by atoms with Gasteiger partial charge in [-0.05, 0) is 45.2 Å². The van der Waals surface area contributed by atoms with Gasteiger partial charge in [0.2, 0.25) is 23.8 Å². The van der Waals surface area contributed by atoms with Crippen molar-refractivity contribution >= 4 is 23.8 Å². The Balaban J connectivity index is 1.40. The zero-order valence-electron chi connectivity index (χ0n) is 21.5. The van der Waals surface area contributed by atoms with E-state index in [0.29, 0.717) is 43.8 Å². The summed E-state index contributed by atoms with van der Waals surface area (Å²) in [6.45, 7) is 10.4. The van der Waals surface area contributed by atoms with E-state index in [-0.39, 0.29) is 29.5 Å². The fourth-order valence-electron chi connectivity index (χ4n) is 4.51. The standard InChI is InChI=1S/C25H35F3N8O/c1-24(2,3)34-21-31-22(33-23(32-21)36-14-10-29-11-15-36)35-12-8-17(9-13-35)20(37)30-16-18-6-4-5-7-19(18)25(26,27)28/h4-7,17,29H,8-16H2,1-3H3,(H,30,37)(H,31,32,33,34). The molecule has 0 bridgehead atoms. The van der Waals surface area contributed by atoms with Crippen LogP contribution in [0.25, 0.3) is 0 Å². The maximum atomic E-state index is 13.3. The first-order valence-electron chi connectivity index (χ1n) is 12.7. The van der Waals surface area contributed by atoms with E-state index in [4.69, 9.17) is 4.98 Å². The van der Waals surface area contributed by atoms with E-state index in [1.807, 2.05) is 25.7 Å². The molecule has 2 aliphatic heterocycles. The Kier molecular flexibility index (Phi) is 8.05. The molecule has 4 rings (SSSR count). The normalized spacial score (nSPS) is 17.6. The fourth-order valence-corrected chi connectivity index (χ4v) is 4.51. The van der Waals surface area contributed by atoms with Gasteiger partial charge >= 0.3 is 6.18 Å². The highest BCUT2D eigenvalue weighted by Crippen LogP contribution is 2.32. The van der Waals surface area contributed by atoms with Crippen LogP contribution < -0.4 is 25.8 Å². The van der Waals surface area contributed by atoms with Crippen molar-refractivity contribution in [2.24, 2.45) is 5.92 Å². The summed E-state index contributed by atoms with van der Waals surface area (Å²) in [7, 11) is 0. The number of halogens is 3. The Hall–Kier alpha value is -3.15. The lowest BCUT2D eigenvalue weighted by atomic mass is 9.96. The van der Waals surface area contributed by atoms with Gasteiger partial charge in [0, 0.05) is 57.3 Å². The average molecular weight is 521 g/mol. The topological polar surface area (TPSA) is 98.3 Å². The van der Waals surface area contributed by atoms with Crippen molar-refractivity contribution in [3.05, 3.63) is 35.4 Å². The first-order valence-corrected chi connectivity index (χ1v) is 12.7. The van der Waals surface area contributed by atoms with E-state index in [9.17, 15) is 18.0 Å². The third-order valence-corrected chi connectivity index (χ3v) is 6.42. The number of aromatic nitrogens is 3. The monoisotopic (exact) mass is 520 g/mol. The number of rotatable bonds is 6. The molecule has 9 nitrogen and oxygen atoms in total. The number of nitrogens with one attached hydrogen (secondary N) is 3. The molecule has 2 fully saturated rings. The quantitative estimate of drug-likeness (QED) is 0.535. The van der Waals surface area contributed by atoms with Crippen LogP contribution in [-0.2, 0) is 17.5 Å². The van der Waals surface area contributed by atoms with E-state index >= 15 is 0 Å². The third kappa shape index (κ3) is 7.21. The van der Waals surface area contributed by atoms with Gasteiger partial charge in [-0.2, -0.15) is 28.1 Å². The number of carbonyl (C=O) groups excluding carboxylic acids is 1. The lowest BCUT2D eigenvalue weighted by molar-refractivity contribution is -0.138. The smallest absolute Gasteiger partial charge is 0.352 e. The number of amides is 1. The number of hydrogen-bond donors (Lipinski definition) is 3. The van der Waals surface area contributed by atoms with Crippen LogP contribution in [0, 0.1) is 5.92 Å². The summed E-state index contributed by atoms with van der Waals surface area (Å²) < 4.78 is 39.8. The highest BCUT2D eigenvalue weighted by molar-refractivity contribution is 5.79. The largest absolute Gasteiger partial charge is 0.416 e. The summed E-state index contributed by atoms with van der Waals surface area (Å²) in [6, 6.07) is 5.32.